The van der Waals surface area contributed by atoms with Gasteiger partial charge in [0.15, 0.2) is 5.58 Å². The maximum atomic E-state index is 6.76. The minimum atomic E-state index is 0.933. The third kappa shape index (κ3) is 3.30. The normalized spacial score (nSPS) is 12.8. The lowest BCUT2D eigenvalue weighted by atomic mass is 9.98. The number of nitrogens with zero attached hydrogens (tertiary/aromatic N) is 2. The molecule has 3 nitrogen and oxygen atoms in total. The number of para-hydroxylation sites is 4. The Balaban J connectivity index is 0.932. The Hall–Kier alpha value is -6.88. The third-order valence-electron chi connectivity index (χ3n) is 12.2. The molecule has 0 aliphatic rings. The van der Waals surface area contributed by atoms with E-state index in [1.54, 1.807) is 0 Å². The predicted molar refractivity (Wildman–Crippen MR) is 229 cm³/mol. The van der Waals surface area contributed by atoms with Crippen LogP contribution in [0.5, 0.6) is 0 Å². The number of thiophene rings is 1. The largest absolute Gasteiger partial charge is 0.454 e. The highest BCUT2D eigenvalue weighted by molar-refractivity contribution is 7.26. The van der Waals surface area contributed by atoms with Crippen molar-refractivity contribution >= 4 is 119 Å². The fraction of sp³-hybridized carbons (Fsp3) is 0. The van der Waals surface area contributed by atoms with E-state index in [0.29, 0.717) is 0 Å². The van der Waals surface area contributed by atoms with Crippen molar-refractivity contribution in [1.82, 2.24) is 8.80 Å². The fourth-order valence-electron chi connectivity index (χ4n) is 9.85. The van der Waals surface area contributed by atoms with Gasteiger partial charge in [0.25, 0.3) is 0 Å². The Morgan fingerprint density at radius 3 is 1.26 bits per heavy atom. The molecule has 14 aromatic rings. The molecule has 14 rings (SSSR count). The van der Waals surface area contributed by atoms with Crippen LogP contribution in [0.2, 0.25) is 0 Å². The molecule has 0 bridgehead atoms. The van der Waals surface area contributed by atoms with Gasteiger partial charge in [-0.2, -0.15) is 0 Å². The number of aromatic nitrogens is 2. The van der Waals surface area contributed by atoms with Gasteiger partial charge in [-0.25, -0.2) is 0 Å². The first-order valence-corrected chi connectivity index (χ1v) is 19.3. The Morgan fingerprint density at radius 1 is 0.352 bits per heavy atom. The first-order chi connectivity index (χ1) is 26.8. The summed E-state index contributed by atoms with van der Waals surface area (Å²) >= 11 is 1.83. The zero-order chi connectivity index (χ0) is 34.8. The van der Waals surface area contributed by atoms with Crippen LogP contribution in [-0.2, 0) is 0 Å². The van der Waals surface area contributed by atoms with Crippen LogP contribution >= 0.6 is 11.3 Å². The second-order valence-corrected chi connectivity index (χ2v) is 15.9. The van der Waals surface area contributed by atoms with Gasteiger partial charge in [-0.3, -0.25) is 0 Å². The summed E-state index contributed by atoms with van der Waals surface area (Å²) in [6, 6.07) is 58.3. The van der Waals surface area contributed by atoms with Crippen molar-refractivity contribution in [3.05, 3.63) is 158 Å². The van der Waals surface area contributed by atoms with Crippen LogP contribution < -0.4 is 0 Å². The summed E-state index contributed by atoms with van der Waals surface area (Å²) in [5, 5.41) is 12.7. The van der Waals surface area contributed by atoms with Gasteiger partial charge in [0, 0.05) is 58.6 Å². The minimum Gasteiger partial charge on any atom is -0.454 e. The number of hydrogen-bond donors (Lipinski definition) is 0. The van der Waals surface area contributed by atoms with E-state index in [-0.39, 0.29) is 0 Å². The minimum absolute atomic E-state index is 0.933. The molecule has 0 amide bonds. The molecule has 54 heavy (non-hydrogen) atoms. The van der Waals surface area contributed by atoms with Crippen molar-refractivity contribution in [1.29, 1.82) is 0 Å². The van der Waals surface area contributed by atoms with Crippen LogP contribution in [0.3, 0.4) is 0 Å². The average Bonchev–Trinajstić information content (AvgIpc) is 4.06. The summed E-state index contributed by atoms with van der Waals surface area (Å²) in [5.74, 6) is 0. The Labute approximate surface area is 310 Å². The molecule has 0 saturated heterocycles. The summed E-state index contributed by atoms with van der Waals surface area (Å²) in [7, 11) is 0. The third-order valence-corrected chi connectivity index (χ3v) is 13.3. The maximum Gasteiger partial charge on any atom is 0.154 e. The molecule has 6 aromatic heterocycles. The monoisotopic (exact) mass is 702 g/mol. The van der Waals surface area contributed by atoms with Gasteiger partial charge in [0.05, 0.1) is 37.8 Å². The van der Waals surface area contributed by atoms with Crippen molar-refractivity contribution in [3.8, 4) is 22.3 Å². The number of rotatable bonds is 2. The van der Waals surface area contributed by atoms with Gasteiger partial charge in [-0.15, -0.1) is 11.3 Å². The highest BCUT2D eigenvalue weighted by atomic mass is 32.1. The quantitative estimate of drug-likeness (QED) is 0.176. The number of fused-ring (bicyclic) bond motifs is 17. The van der Waals surface area contributed by atoms with Gasteiger partial charge in [-0.1, -0.05) is 84.9 Å². The van der Waals surface area contributed by atoms with E-state index < -0.39 is 0 Å². The smallest absolute Gasteiger partial charge is 0.154 e. The average molecular weight is 703 g/mol. The van der Waals surface area contributed by atoms with Crippen molar-refractivity contribution in [2.45, 2.75) is 0 Å². The lowest BCUT2D eigenvalue weighted by Gasteiger charge is -2.05. The molecule has 248 valence electrons. The number of furan rings is 1. The van der Waals surface area contributed by atoms with Gasteiger partial charge in [0.1, 0.15) is 5.58 Å². The standard InChI is InChI=1S/C50H26N2OS/c1-5-13-41-31(9-1)37-21-29(22-38-32-10-2-6-14-42(32)51(41)47(37)38)27-17-19-35-45(25-27)53-49-36-20-18-28(26-46(36)54-50(35)49)30-23-39-33-11-3-7-15-43(33)52-44-16-8-4-12-34(44)40(24-30)48(39)52/h1-26H. The molecule has 0 fully saturated rings. The lowest BCUT2D eigenvalue weighted by molar-refractivity contribution is 0.673. The molecule has 4 heteroatoms. The molecular formula is C50H26N2OS. The molecule has 0 N–H and O–H groups in total. The van der Waals surface area contributed by atoms with E-state index in [1.807, 2.05) is 11.3 Å². The van der Waals surface area contributed by atoms with Crippen molar-refractivity contribution in [2.75, 3.05) is 0 Å². The van der Waals surface area contributed by atoms with Crippen LogP contribution in [-0.4, -0.2) is 8.80 Å². The lowest BCUT2D eigenvalue weighted by Crippen LogP contribution is -1.80. The Morgan fingerprint density at radius 2 is 0.778 bits per heavy atom. The molecule has 0 aliphatic heterocycles. The molecule has 0 spiro atoms. The Bertz CT molecular complexity index is 3490. The first-order valence-electron chi connectivity index (χ1n) is 18.5. The zero-order valence-electron chi connectivity index (χ0n) is 28.7. The predicted octanol–water partition coefficient (Wildman–Crippen LogP) is 14.4. The molecular weight excluding hydrogens is 677 g/mol. The zero-order valence-corrected chi connectivity index (χ0v) is 29.5. The Kier molecular flexibility index (Phi) is 4.91. The molecule has 6 heterocycles. The second kappa shape index (κ2) is 9.56. The van der Waals surface area contributed by atoms with E-state index in [1.165, 1.54) is 119 Å². The van der Waals surface area contributed by atoms with Gasteiger partial charge < -0.3 is 13.2 Å². The summed E-state index contributed by atoms with van der Waals surface area (Å²) in [5.41, 5.74) is 14.4. The SMILES string of the molecule is c1ccc2c(c1)c1cc(-c3ccc4c(c3)oc3c5ccc(-c6cc7c8ccccc8n8c9ccccc9c(c6)c78)cc5sc43)cc3c4ccccc4n2c13. The van der Waals surface area contributed by atoms with E-state index in [4.69, 9.17) is 4.42 Å². The summed E-state index contributed by atoms with van der Waals surface area (Å²) in [4.78, 5) is 0. The van der Waals surface area contributed by atoms with E-state index in [9.17, 15) is 0 Å². The van der Waals surface area contributed by atoms with Gasteiger partial charge in [0.2, 0.25) is 0 Å². The molecule has 0 aliphatic carbocycles. The number of benzene rings is 8. The van der Waals surface area contributed by atoms with Crippen LogP contribution in [0.1, 0.15) is 0 Å². The molecule has 0 unspecified atom stereocenters. The summed E-state index contributed by atoms with van der Waals surface area (Å²) in [6.45, 7) is 0. The molecule has 0 radical (unpaired) electrons. The summed E-state index contributed by atoms with van der Waals surface area (Å²) < 4.78 is 14.1. The van der Waals surface area contributed by atoms with E-state index in [2.05, 4.69) is 167 Å². The van der Waals surface area contributed by atoms with Crippen LogP contribution in [0.15, 0.2) is 162 Å². The van der Waals surface area contributed by atoms with E-state index >= 15 is 0 Å². The fourth-order valence-corrected chi connectivity index (χ4v) is 11.0. The van der Waals surface area contributed by atoms with Gasteiger partial charge in [-0.05, 0) is 95.1 Å². The molecule has 8 aromatic carbocycles. The molecule has 0 saturated carbocycles. The van der Waals surface area contributed by atoms with Crippen LogP contribution in [0.4, 0.5) is 0 Å². The van der Waals surface area contributed by atoms with Crippen molar-refractivity contribution in [3.63, 3.8) is 0 Å². The van der Waals surface area contributed by atoms with Crippen LogP contribution in [0, 0.1) is 0 Å². The van der Waals surface area contributed by atoms with E-state index in [0.717, 1.165) is 11.2 Å². The number of hydrogen-bond acceptors (Lipinski definition) is 2. The highest BCUT2D eigenvalue weighted by Gasteiger charge is 2.22. The topological polar surface area (TPSA) is 22.0 Å². The second-order valence-electron chi connectivity index (χ2n) is 14.9. The molecule has 0 atom stereocenters. The van der Waals surface area contributed by atoms with Crippen molar-refractivity contribution < 1.29 is 4.42 Å². The summed E-state index contributed by atoms with van der Waals surface area (Å²) in [6.07, 6.45) is 0. The van der Waals surface area contributed by atoms with Gasteiger partial charge >= 0.3 is 0 Å². The maximum absolute atomic E-state index is 6.76. The van der Waals surface area contributed by atoms with Crippen LogP contribution in [0.25, 0.3) is 130 Å². The first kappa shape index (κ1) is 27.7. The van der Waals surface area contributed by atoms with Crippen molar-refractivity contribution in [2.24, 2.45) is 0 Å². The highest BCUT2D eigenvalue weighted by Crippen LogP contribution is 2.46.